The summed E-state index contributed by atoms with van der Waals surface area (Å²) in [5.41, 5.74) is 8.43. The smallest absolute Gasteiger partial charge is 0.162 e. The molecule has 2 unspecified atom stereocenters. The maximum Gasteiger partial charge on any atom is 0.162 e. The molecule has 1 aromatic heterocycles. The number of hydrogen-bond acceptors (Lipinski definition) is 3. The minimum Gasteiger partial charge on any atom is -0.493 e. The number of halogens is 2. The number of aryl methyl sites for hydroxylation is 1. The second-order valence-corrected chi connectivity index (χ2v) is 17.7. The Morgan fingerprint density at radius 3 is 1.76 bits per heavy atom. The Morgan fingerprint density at radius 2 is 1.21 bits per heavy atom. The topological polar surface area (TPSA) is 37.5 Å². The van der Waals surface area contributed by atoms with Gasteiger partial charge in [-0.05, 0) is 84.0 Å². The van der Waals surface area contributed by atoms with Gasteiger partial charge in [-0.15, -0.1) is 0 Å². The summed E-state index contributed by atoms with van der Waals surface area (Å²) in [6.07, 6.45) is -9.17. The lowest BCUT2D eigenvalue weighted by Gasteiger charge is -2.48. The number of aromatic nitrogens is 1. The van der Waals surface area contributed by atoms with E-state index in [9.17, 15) is 8.78 Å². The number of aromatic amines is 1. The molecule has 0 saturated heterocycles. The predicted octanol–water partition coefficient (Wildman–Crippen LogP) is -2.31. The lowest BCUT2D eigenvalue weighted by molar-refractivity contribution is 0.127. The number of para-hydroxylation sites is 1. The van der Waals surface area contributed by atoms with Gasteiger partial charge in [0.05, 0.1) is 13.2 Å². The number of nitrogens with zero attached hydrogens (tertiary/aromatic N) is 1. The van der Waals surface area contributed by atoms with Crippen LogP contribution in [-0.2, 0) is 19.4 Å². The summed E-state index contributed by atoms with van der Waals surface area (Å²) >= 11 is 0. The molecular formula is C34H30B26F2N2O2. The van der Waals surface area contributed by atoms with Crippen LogP contribution >= 0.6 is 0 Å². The summed E-state index contributed by atoms with van der Waals surface area (Å²) in [4.78, 5) is 6.21. The van der Waals surface area contributed by atoms with Crippen molar-refractivity contribution in [3.8, 4) is 11.5 Å². The molecular weight excluding hydrogens is 787 g/mol. The molecule has 0 fully saturated rings. The van der Waals surface area contributed by atoms with Gasteiger partial charge in [0, 0.05) is 220 Å². The summed E-state index contributed by atoms with van der Waals surface area (Å²) in [5.74, 6) is 0.741. The first-order valence-electron chi connectivity index (χ1n) is 22.0. The molecule has 66 heavy (non-hydrogen) atoms. The lowest BCUT2D eigenvalue weighted by atomic mass is 8.34. The van der Waals surface area contributed by atoms with Crippen molar-refractivity contribution in [2.75, 3.05) is 13.7 Å². The van der Waals surface area contributed by atoms with E-state index in [4.69, 9.17) is 118 Å². The second kappa shape index (κ2) is 23.0. The van der Waals surface area contributed by atoms with Crippen molar-refractivity contribution < 1.29 is 18.3 Å². The van der Waals surface area contributed by atoms with Gasteiger partial charge < -0.3 is 14.5 Å². The fourth-order valence-electron chi connectivity index (χ4n) is 10.3. The summed E-state index contributed by atoms with van der Waals surface area (Å²) in [7, 11) is 84.5. The van der Waals surface area contributed by atoms with Crippen LogP contribution in [0, 0.1) is 18.6 Å². The van der Waals surface area contributed by atoms with Gasteiger partial charge in [0.1, 0.15) is 18.2 Å². The molecule has 2 aliphatic heterocycles. The molecule has 32 heteroatoms. The van der Waals surface area contributed by atoms with Crippen LogP contribution in [0.1, 0.15) is 51.2 Å². The molecule has 0 aliphatic carbocycles. The molecule has 0 saturated carbocycles. The van der Waals surface area contributed by atoms with Crippen LogP contribution in [0.4, 0.5) is 8.78 Å². The van der Waals surface area contributed by atoms with E-state index in [-0.39, 0.29) is 30.3 Å². The van der Waals surface area contributed by atoms with Gasteiger partial charge in [-0.1, -0.05) is 42.5 Å². The Balaban J connectivity index is 0.000000243. The Hall–Kier alpha value is -2.47. The highest BCUT2D eigenvalue weighted by molar-refractivity contribution is 8.25. The monoisotopic (exact) mass is 822 g/mol. The minimum absolute atomic E-state index is 0.0389. The second-order valence-electron chi connectivity index (χ2n) is 17.7. The first-order chi connectivity index (χ1) is 31.2. The molecule has 4 nitrogen and oxygen atoms in total. The Morgan fingerprint density at radius 1 is 0.652 bits per heavy atom. The molecule has 4 aromatic carbocycles. The number of benzene rings is 4. The third kappa shape index (κ3) is 11.6. The van der Waals surface area contributed by atoms with E-state index in [2.05, 4.69) is 40.2 Å². The molecule has 3 heterocycles. The first-order valence-corrected chi connectivity index (χ1v) is 22.0. The van der Waals surface area contributed by atoms with Gasteiger partial charge in [0.25, 0.3) is 0 Å². The molecule has 5 aromatic rings. The Bertz CT molecular complexity index is 2350. The highest BCUT2D eigenvalue weighted by atomic mass is 19.1. The van der Waals surface area contributed by atoms with Crippen molar-refractivity contribution in [3.05, 3.63) is 130 Å². The molecule has 280 valence electrons. The fourth-order valence-corrected chi connectivity index (χ4v) is 10.3. The minimum atomic E-state index is -1.02. The maximum atomic E-state index is 14.6. The summed E-state index contributed by atoms with van der Waals surface area (Å²) in [6, 6.07) is 24.7. The van der Waals surface area contributed by atoms with E-state index in [0.29, 0.717) is 17.1 Å². The normalized spacial score (nSPS) is 14.7. The molecule has 0 bridgehead atoms. The lowest BCUT2D eigenvalue weighted by Crippen LogP contribution is -2.86. The van der Waals surface area contributed by atoms with E-state index < -0.39 is 76.6 Å². The molecule has 0 amide bonds. The highest BCUT2D eigenvalue weighted by Gasteiger charge is 2.50. The van der Waals surface area contributed by atoms with Crippen molar-refractivity contribution in [3.63, 3.8) is 0 Å². The zero-order valence-electron chi connectivity index (χ0n) is 37.5. The van der Waals surface area contributed by atoms with Crippen LogP contribution in [0.2, 0.25) is 0 Å². The number of rotatable bonds is 16. The Kier molecular flexibility index (Phi) is 18.4. The van der Waals surface area contributed by atoms with Crippen LogP contribution in [0.15, 0.2) is 78.9 Å². The molecule has 2 atom stereocenters. The average Bonchev–Trinajstić information content (AvgIpc) is 3.61. The van der Waals surface area contributed by atoms with Crippen LogP contribution in [-0.4, -0.2) is 208 Å². The van der Waals surface area contributed by atoms with Gasteiger partial charge >= 0.3 is 0 Å². The van der Waals surface area contributed by atoms with Crippen molar-refractivity contribution >= 4 is 196 Å². The highest BCUT2D eigenvalue weighted by Crippen LogP contribution is 2.49. The van der Waals surface area contributed by atoms with Gasteiger partial charge in [0.2, 0.25) is 0 Å². The van der Waals surface area contributed by atoms with E-state index in [0.717, 1.165) is 36.0 Å². The van der Waals surface area contributed by atoms with Gasteiger partial charge in [0.15, 0.2) is 11.5 Å². The predicted molar refractivity (Wildman–Crippen MR) is 301 cm³/mol. The molecule has 0 spiro atoms. The summed E-state index contributed by atoms with van der Waals surface area (Å²) in [6.45, 7) is 2.83. The molecule has 2 aliphatic rings. The number of fused-ring (bicyclic) bond motifs is 6. The summed E-state index contributed by atoms with van der Waals surface area (Å²) < 4.78 is 40.4. The number of ether oxygens (including phenoxy) is 2. The van der Waals surface area contributed by atoms with E-state index in [1.807, 2.05) is 31.2 Å². The largest absolute Gasteiger partial charge is 0.493 e. The number of hydrogen-bond donors (Lipinski definition) is 1. The SMILES string of the molecule is COc1cc2c(cc1OCc1ccc(C)cc1F)C1Cc3c([nH]c4ccccc34)C(c3ccc(F)cc3)N1CC2.[B]B([B])B(B([B])[B])B(B([B])[B])B(B(B([B])[B])B([B])[B])B(B([B])[B])B([B])[B]. The van der Waals surface area contributed by atoms with Gasteiger partial charge in [-0.25, -0.2) is 8.78 Å². The van der Waals surface area contributed by atoms with E-state index >= 15 is 0 Å². The zero-order valence-corrected chi connectivity index (χ0v) is 37.5. The fraction of sp³-hybridized carbons (Fsp3) is 0.235. The third-order valence-electron chi connectivity index (χ3n) is 13.3. The van der Waals surface area contributed by atoms with Crippen LogP contribution in [0.5, 0.6) is 11.5 Å². The standard InChI is InChI=1S/C34H30F2N2O2.B26/c1-20-7-8-23(28(36)15-20)19-40-32-18-26-22(16-31(32)39-2)13-14-38-30(26)17-27-25-5-3-4-6-29(25)37-33(27)34(38)21-9-11-24(35)12-10-21;1-15(2)22(16(3)4)25(21(13)14)26(23(17(5)6)18(7)8)24(19(9)10)20(11)12/h3-12,15-16,18,30,34,37H,13-14,17,19H2,1-2H3;. The molecule has 7 rings (SSSR count). The van der Waals surface area contributed by atoms with Crippen molar-refractivity contribution in [2.45, 2.75) is 38.5 Å². The number of H-pyrrole nitrogens is 1. The van der Waals surface area contributed by atoms with Crippen LogP contribution in [0.25, 0.3) is 10.9 Å². The average molecular weight is 818 g/mol. The molecule has 1 N–H and O–H groups in total. The Labute approximate surface area is 414 Å². The maximum absolute atomic E-state index is 14.6. The third-order valence-corrected chi connectivity index (χ3v) is 13.3. The van der Waals surface area contributed by atoms with Gasteiger partial charge in [-0.2, -0.15) is 0 Å². The molecule has 28 radical (unpaired) electrons. The summed E-state index contributed by atoms with van der Waals surface area (Å²) in [5, 5.41) is 1.22. The van der Waals surface area contributed by atoms with E-state index in [1.165, 1.54) is 33.8 Å². The van der Waals surface area contributed by atoms with Gasteiger partial charge in [-0.3, -0.25) is 4.90 Å². The number of nitrogens with one attached hydrogen (secondary N) is 1. The van der Waals surface area contributed by atoms with E-state index in [1.54, 1.807) is 25.3 Å². The van der Waals surface area contributed by atoms with Crippen LogP contribution < -0.4 is 9.47 Å². The van der Waals surface area contributed by atoms with Crippen molar-refractivity contribution in [1.82, 2.24) is 9.88 Å². The number of methoxy groups -OCH3 is 1. The quantitative estimate of drug-likeness (QED) is 0.114. The van der Waals surface area contributed by atoms with Crippen molar-refractivity contribution in [2.24, 2.45) is 0 Å². The zero-order chi connectivity index (χ0) is 48.3. The van der Waals surface area contributed by atoms with Crippen molar-refractivity contribution in [1.29, 1.82) is 0 Å². The van der Waals surface area contributed by atoms with Crippen LogP contribution in [0.3, 0.4) is 0 Å². The first kappa shape index (κ1) is 52.9.